The summed E-state index contributed by atoms with van der Waals surface area (Å²) < 4.78 is 16.6. The van der Waals surface area contributed by atoms with E-state index in [1.54, 1.807) is 36.4 Å². The van der Waals surface area contributed by atoms with Crippen LogP contribution in [0.25, 0.3) is 0 Å². The summed E-state index contributed by atoms with van der Waals surface area (Å²) >= 11 is 0. The maximum Gasteiger partial charge on any atom is 0.339 e. The molecule has 158 valence electrons. The van der Waals surface area contributed by atoms with Crippen molar-refractivity contribution in [2.75, 3.05) is 18.5 Å². The fraction of sp³-hybridized carbons (Fsp3) is 0.348. The summed E-state index contributed by atoms with van der Waals surface area (Å²) in [7, 11) is 0. The van der Waals surface area contributed by atoms with Crippen LogP contribution in [0.3, 0.4) is 0 Å². The summed E-state index contributed by atoms with van der Waals surface area (Å²) in [5.74, 6) is 0.124. The summed E-state index contributed by atoms with van der Waals surface area (Å²) in [6.07, 6.45) is -1.06. The first-order chi connectivity index (χ1) is 14.3. The molecule has 0 heterocycles. The van der Waals surface area contributed by atoms with Crippen LogP contribution in [0.4, 0.5) is 5.69 Å². The maximum atomic E-state index is 12.5. The third-order valence-electron chi connectivity index (χ3n) is 4.01. The van der Waals surface area contributed by atoms with Gasteiger partial charge in [0.15, 0.2) is 17.6 Å². The second kappa shape index (κ2) is 10.9. The number of ether oxygens (including phenoxy) is 3. The zero-order valence-electron chi connectivity index (χ0n) is 17.6. The van der Waals surface area contributed by atoms with Crippen molar-refractivity contribution >= 4 is 17.6 Å². The molecule has 1 atom stereocenters. The number of nitriles is 1. The molecule has 0 aliphatic rings. The lowest BCUT2D eigenvalue weighted by atomic mass is 10.2. The Kier molecular flexibility index (Phi) is 8.24. The second-order valence-corrected chi connectivity index (χ2v) is 6.99. The topological polar surface area (TPSA) is 97.6 Å². The fourth-order valence-electron chi connectivity index (χ4n) is 2.49. The monoisotopic (exact) mass is 410 g/mol. The van der Waals surface area contributed by atoms with Crippen LogP contribution in [0.15, 0.2) is 42.5 Å². The molecule has 0 aliphatic heterocycles. The number of carbonyl (C=O) groups excluding carboxylic acids is 2. The van der Waals surface area contributed by atoms with Crippen LogP contribution < -0.4 is 14.8 Å². The van der Waals surface area contributed by atoms with Gasteiger partial charge >= 0.3 is 5.97 Å². The average molecular weight is 410 g/mol. The summed E-state index contributed by atoms with van der Waals surface area (Å²) in [4.78, 5) is 24.9. The molecule has 30 heavy (non-hydrogen) atoms. The SMILES string of the molecule is CCOc1cc(C(=O)O[C@H](C)C(=O)Nc2ccccc2C#N)ccc1OCC(C)C. The quantitative estimate of drug-likeness (QED) is 0.623. The average Bonchev–Trinajstić information content (AvgIpc) is 2.73. The molecule has 2 aromatic carbocycles. The Labute approximate surface area is 176 Å². The van der Waals surface area contributed by atoms with Crippen LogP contribution in [0.2, 0.25) is 0 Å². The highest BCUT2D eigenvalue weighted by molar-refractivity contribution is 5.98. The number of benzene rings is 2. The maximum absolute atomic E-state index is 12.5. The summed E-state index contributed by atoms with van der Waals surface area (Å²) in [5.41, 5.74) is 0.924. The van der Waals surface area contributed by atoms with Gasteiger partial charge in [0.1, 0.15) is 6.07 Å². The van der Waals surface area contributed by atoms with Crippen LogP contribution in [-0.4, -0.2) is 31.2 Å². The summed E-state index contributed by atoms with van der Waals surface area (Å²) in [6, 6.07) is 13.3. The van der Waals surface area contributed by atoms with E-state index in [0.717, 1.165) is 0 Å². The number of rotatable bonds is 9. The lowest BCUT2D eigenvalue weighted by Crippen LogP contribution is -2.30. The zero-order chi connectivity index (χ0) is 22.1. The van der Waals surface area contributed by atoms with Crippen LogP contribution in [0.1, 0.15) is 43.6 Å². The van der Waals surface area contributed by atoms with E-state index in [1.165, 1.54) is 13.0 Å². The van der Waals surface area contributed by atoms with Crippen LogP contribution >= 0.6 is 0 Å². The molecule has 7 heteroatoms. The highest BCUT2D eigenvalue weighted by Gasteiger charge is 2.21. The van der Waals surface area contributed by atoms with E-state index in [1.807, 2.05) is 26.8 Å². The van der Waals surface area contributed by atoms with E-state index < -0.39 is 18.0 Å². The molecule has 0 saturated carbocycles. The van der Waals surface area contributed by atoms with Crippen LogP contribution in [0, 0.1) is 17.2 Å². The van der Waals surface area contributed by atoms with E-state index in [9.17, 15) is 9.59 Å². The minimum Gasteiger partial charge on any atom is -0.490 e. The van der Waals surface area contributed by atoms with Crippen molar-refractivity contribution in [3.05, 3.63) is 53.6 Å². The molecule has 7 nitrogen and oxygen atoms in total. The molecule has 2 rings (SSSR count). The molecule has 0 fully saturated rings. The molecule has 0 spiro atoms. The smallest absolute Gasteiger partial charge is 0.339 e. The number of amides is 1. The predicted molar refractivity (Wildman–Crippen MR) is 113 cm³/mol. The Morgan fingerprint density at radius 3 is 2.47 bits per heavy atom. The van der Waals surface area contributed by atoms with Gasteiger partial charge in [-0.1, -0.05) is 26.0 Å². The van der Waals surface area contributed by atoms with Gasteiger partial charge in [-0.25, -0.2) is 4.79 Å². The molecule has 0 aromatic heterocycles. The third kappa shape index (κ3) is 6.24. The van der Waals surface area contributed by atoms with Gasteiger partial charge in [0, 0.05) is 0 Å². The van der Waals surface area contributed by atoms with Gasteiger partial charge in [0.25, 0.3) is 5.91 Å². The summed E-state index contributed by atoms with van der Waals surface area (Å²) in [5, 5.41) is 11.7. The highest BCUT2D eigenvalue weighted by atomic mass is 16.5. The Morgan fingerprint density at radius 1 is 1.07 bits per heavy atom. The van der Waals surface area contributed by atoms with Gasteiger partial charge in [0.05, 0.1) is 30.0 Å². The first-order valence-electron chi connectivity index (χ1n) is 9.76. The van der Waals surface area contributed by atoms with Gasteiger partial charge in [-0.05, 0) is 50.1 Å². The summed E-state index contributed by atoms with van der Waals surface area (Å²) in [6.45, 7) is 8.30. The molecule has 1 N–H and O–H groups in total. The third-order valence-corrected chi connectivity index (χ3v) is 4.01. The molecule has 2 aromatic rings. The molecule has 0 bridgehead atoms. The molecule has 1 amide bonds. The Bertz CT molecular complexity index is 933. The van der Waals surface area contributed by atoms with E-state index in [-0.39, 0.29) is 5.56 Å². The van der Waals surface area contributed by atoms with Crippen molar-refractivity contribution in [1.82, 2.24) is 0 Å². The van der Waals surface area contributed by atoms with Crippen molar-refractivity contribution in [2.45, 2.75) is 33.8 Å². The van der Waals surface area contributed by atoms with Crippen molar-refractivity contribution < 1.29 is 23.8 Å². The molecular weight excluding hydrogens is 384 g/mol. The molecule has 0 aliphatic carbocycles. The zero-order valence-corrected chi connectivity index (χ0v) is 17.6. The normalized spacial score (nSPS) is 11.3. The molecule has 0 unspecified atom stereocenters. The van der Waals surface area contributed by atoms with Crippen LogP contribution in [-0.2, 0) is 9.53 Å². The molecule has 0 saturated heterocycles. The number of para-hydroxylation sites is 1. The largest absolute Gasteiger partial charge is 0.490 e. The van der Waals surface area contributed by atoms with E-state index in [2.05, 4.69) is 5.32 Å². The van der Waals surface area contributed by atoms with Gasteiger partial charge in [0.2, 0.25) is 0 Å². The lowest BCUT2D eigenvalue weighted by Gasteiger charge is -2.16. The van der Waals surface area contributed by atoms with Crippen molar-refractivity contribution in [1.29, 1.82) is 5.26 Å². The minimum atomic E-state index is -1.06. The van der Waals surface area contributed by atoms with E-state index in [0.29, 0.717) is 41.9 Å². The number of nitrogens with one attached hydrogen (secondary N) is 1. The second-order valence-electron chi connectivity index (χ2n) is 6.99. The number of carbonyl (C=O) groups is 2. The molecule has 0 radical (unpaired) electrons. The number of hydrogen-bond donors (Lipinski definition) is 1. The number of esters is 1. The van der Waals surface area contributed by atoms with Gasteiger partial charge < -0.3 is 19.5 Å². The molecular formula is C23H26N2O5. The van der Waals surface area contributed by atoms with Gasteiger partial charge in [-0.3, -0.25) is 4.79 Å². The number of anilines is 1. The van der Waals surface area contributed by atoms with Gasteiger partial charge in [-0.15, -0.1) is 0 Å². The van der Waals surface area contributed by atoms with Crippen molar-refractivity contribution in [2.24, 2.45) is 5.92 Å². The Hall–Kier alpha value is -3.53. The van der Waals surface area contributed by atoms with Gasteiger partial charge in [-0.2, -0.15) is 5.26 Å². The Morgan fingerprint density at radius 2 is 1.80 bits per heavy atom. The first-order valence-corrected chi connectivity index (χ1v) is 9.76. The highest BCUT2D eigenvalue weighted by Crippen LogP contribution is 2.29. The number of nitrogens with zero attached hydrogens (tertiary/aromatic N) is 1. The first kappa shape index (κ1) is 22.8. The van der Waals surface area contributed by atoms with E-state index in [4.69, 9.17) is 19.5 Å². The fourth-order valence-corrected chi connectivity index (χ4v) is 2.49. The van der Waals surface area contributed by atoms with Crippen molar-refractivity contribution in [3.8, 4) is 17.6 Å². The lowest BCUT2D eigenvalue weighted by molar-refractivity contribution is -0.123. The Balaban J connectivity index is 2.07. The minimum absolute atomic E-state index is 0.243. The van der Waals surface area contributed by atoms with E-state index >= 15 is 0 Å². The standard InChI is InChI=1S/C23H26N2O5/c1-5-28-21-12-17(10-11-20(21)29-14-15(2)3)23(27)30-16(4)22(26)25-19-9-7-6-8-18(19)13-24/h6-12,15-16H,5,14H2,1-4H3,(H,25,26)/t16-/m1/s1. The van der Waals surface area contributed by atoms with Crippen LogP contribution in [0.5, 0.6) is 11.5 Å². The number of hydrogen-bond acceptors (Lipinski definition) is 6. The predicted octanol–water partition coefficient (Wildman–Crippen LogP) is 4.18. The van der Waals surface area contributed by atoms with Crippen molar-refractivity contribution in [3.63, 3.8) is 0 Å².